The molecule has 0 aliphatic rings. The first-order valence-corrected chi connectivity index (χ1v) is 6.95. The first kappa shape index (κ1) is 15.2. The lowest BCUT2D eigenvalue weighted by Crippen LogP contribution is -2.24. The number of amides is 2. The molecule has 0 aliphatic carbocycles. The Kier molecular flexibility index (Phi) is 4.19. The molecule has 3 aromatic rings. The van der Waals surface area contributed by atoms with E-state index in [-0.39, 0.29) is 5.76 Å². The van der Waals surface area contributed by atoms with Gasteiger partial charge < -0.3 is 9.73 Å². The number of carbonyl (C=O) groups excluding carboxylic acids is 1. The van der Waals surface area contributed by atoms with Gasteiger partial charge in [-0.25, -0.2) is 10.2 Å². The molecule has 8 nitrogen and oxygen atoms in total. The number of hydrogen-bond donors (Lipinski definition) is 2. The minimum Gasteiger partial charge on any atom is -0.400 e. The standard InChI is InChI=1S/C16H12N4O4/c21-16(19-17-10-12-8-9-15(24-12)20(22)23)18-14-7-3-5-11-4-1-2-6-13(11)14/h1-10H,(H2,18,19,21)/b17-10-. The van der Waals surface area contributed by atoms with Crippen LogP contribution in [-0.2, 0) is 0 Å². The SMILES string of the molecule is O=C(N/N=C\c1ccc([N+](=O)[O-])o1)Nc1cccc2ccccc12. The van der Waals surface area contributed by atoms with Gasteiger partial charge in [-0.2, -0.15) is 5.10 Å². The number of hydrazone groups is 1. The fourth-order valence-electron chi connectivity index (χ4n) is 2.15. The second-order valence-corrected chi connectivity index (χ2v) is 4.78. The lowest BCUT2D eigenvalue weighted by atomic mass is 10.1. The van der Waals surface area contributed by atoms with Crippen molar-refractivity contribution in [2.24, 2.45) is 5.10 Å². The molecule has 8 heteroatoms. The smallest absolute Gasteiger partial charge is 0.400 e. The molecule has 0 aliphatic heterocycles. The van der Waals surface area contributed by atoms with Crippen LogP contribution in [0.15, 0.2) is 64.1 Å². The first-order chi connectivity index (χ1) is 11.6. The number of rotatable bonds is 4. The summed E-state index contributed by atoms with van der Waals surface area (Å²) in [5.74, 6) is -0.233. The molecule has 2 N–H and O–H groups in total. The van der Waals surface area contributed by atoms with E-state index in [0.717, 1.165) is 10.8 Å². The number of fused-ring (bicyclic) bond motifs is 1. The van der Waals surface area contributed by atoms with E-state index in [1.165, 1.54) is 18.3 Å². The van der Waals surface area contributed by atoms with E-state index in [2.05, 4.69) is 15.8 Å². The molecule has 0 saturated carbocycles. The van der Waals surface area contributed by atoms with Gasteiger partial charge in [0.25, 0.3) is 0 Å². The molecule has 2 aromatic carbocycles. The van der Waals surface area contributed by atoms with E-state index in [9.17, 15) is 14.9 Å². The summed E-state index contributed by atoms with van der Waals surface area (Å²) in [6.07, 6.45) is 1.18. The lowest BCUT2D eigenvalue weighted by Gasteiger charge is -2.07. The van der Waals surface area contributed by atoms with Gasteiger partial charge in [0, 0.05) is 5.39 Å². The molecule has 2 amide bonds. The van der Waals surface area contributed by atoms with Gasteiger partial charge in [0.15, 0.2) is 5.76 Å². The normalized spacial score (nSPS) is 10.8. The third-order valence-electron chi connectivity index (χ3n) is 3.19. The number of benzene rings is 2. The maximum absolute atomic E-state index is 11.9. The van der Waals surface area contributed by atoms with E-state index in [4.69, 9.17) is 4.42 Å². The van der Waals surface area contributed by atoms with Crippen molar-refractivity contribution in [3.05, 3.63) is 70.5 Å². The van der Waals surface area contributed by atoms with Crippen molar-refractivity contribution in [1.29, 1.82) is 0 Å². The van der Waals surface area contributed by atoms with Crippen LogP contribution >= 0.6 is 0 Å². The second kappa shape index (κ2) is 6.61. The van der Waals surface area contributed by atoms with E-state index in [0.29, 0.717) is 5.69 Å². The number of nitro groups is 1. The molecule has 1 heterocycles. The minimum absolute atomic E-state index is 0.159. The van der Waals surface area contributed by atoms with E-state index < -0.39 is 16.8 Å². The predicted octanol–water partition coefficient (Wildman–Crippen LogP) is 3.50. The second-order valence-electron chi connectivity index (χ2n) is 4.78. The summed E-state index contributed by atoms with van der Waals surface area (Å²) in [5, 5.41) is 18.8. The zero-order valence-corrected chi connectivity index (χ0v) is 12.3. The zero-order valence-electron chi connectivity index (χ0n) is 12.3. The Morgan fingerprint density at radius 2 is 1.92 bits per heavy atom. The Bertz CT molecular complexity index is 927. The summed E-state index contributed by atoms with van der Waals surface area (Å²) in [7, 11) is 0. The quantitative estimate of drug-likeness (QED) is 0.435. The summed E-state index contributed by atoms with van der Waals surface area (Å²) >= 11 is 0. The Morgan fingerprint density at radius 1 is 1.12 bits per heavy atom. The molecule has 120 valence electrons. The van der Waals surface area contributed by atoms with Crippen molar-refractivity contribution in [2.75, 3.05) is 5.32 Å². The molecule has 0 unspecified atom stereocenters. The molecule has 0 atom stereocenters. The lowest BCUT2D eigenvalue weighted by molar-refractivity contribution is -0.402. The van der Waals surface area contributed by atoms with Gasteiger partial charge in [-0.15, -0.1) is 0 Å². The molecular formula is C16H12N4O4. The van der Waals surface area contributed by atoms with Gasteiger partial charge in [0.05, 0.1) is 18.0 Å². The molecule has 0 saturated heterocycles. The van der Waals surface area contributed by atoms with Crippen molar-refractivity contribution in [3.63, 3.8) is 0 Å². The van der Waals surface area contributed by atoms with Crippen LogP contribution < -0.4 is 10.7 Å². The van der Waals surface area contributed by atoms with Gasteiger partial charge in [0.1, 0.15) is 4.92 Å². The van der Waals surface area contributed by atoms with Crippen molar-refractivity contribution in [1.82, 2.24) is 5.43 Å². The average Bonchev–Trinajstić information content (AvgIpc) is 3.04. The number of nitrogens with zero attached hydrogens (tertiary/aromatic N) is 2. The molecule has 3 rings (SSSR count). The molecular weight excluding hydrogens is 312 g/mol. The van der Waals surface area contributed by atoms with Crippen LogP contribution in [0.1, 0.15) is 5.76 Å². The van der Waals surface area contributed by atoms with E-state index >= 15 is 0 Å². The van der Waals surface area contributed by atoms with Crippen LogP contribution in [0.5, 0.6) is 0 Å². The van der Waals surface area contributed by atoms with Crippen LogP contribution in [0, 0.1) is 10.1 Å². The largest absolute Gasteiger partial charge is 0.433 e. The van der Waals surface area contributed by atoms with Gasteiger partial charge in [-0.05, 0) is 17.5 Å². The van der Waals surface area contributed by atoms with Crippen LogP contribution in [0.25, 0.3) is 10.8 Å². The highest BCUT2D eigenvalue weighted by molar-refractivity contribution is 6.01. The fourth-order valence-corrected chi connectivity index (χ4v) is 2.15. The number of nitrogens with one attached hydrogen (secondary N) is 2. The Morgan fingerprint density at radius 3 is 2.71 bits per heavy atom. The topological polar surface area (TPSA) is 110 Å². The number of furan rings is 1. The number of urea groups is 1. The van der Waals surface area contributed by atoms with Gasteiger partial charge in [-0.1, -0.05) is 36.4 Å². The third kappa shape index (κ3) is 3.38. The van der Waals surface area contributed by atoms with Crippen molar-refractivity contribution >= 4 is 34.6 Å². The Hall–Kier alpha value is -3.68. The van der Waals surface area contributed by atoms with Crippen molar-refractivity contribution in [3.8, 4) is 0 Å². The van der Waals surface area contributed by atoms with Gasteiger partial charge in [-0.3, -0.25) is 10.1 Å². The number of hydrogen-bond acceptors (Lipinski definition) is 5. The highest BCUT2D eigenvalue weighted by Crippen LogP contribution is 2.22. The van der Waals surface area contributed by atoms with Crippen LogP contribution in [0.2, 0.25) is 0 Å². The maximum atomic E-state index is 11.9. The predicted molar refractivity (Wildman–Crippen MR) is 89.1 cm³/mol. The van der Waals surface area contributed by atoms with Crippen LogP contribution in [-0.4, -0.2) is 17.2 Å². The molecule has 0 fully saturated rings. The molecule has 1 aromatic heterocycles. The number of carbonyl (C=O) groups is 1. The van der Waals surface area contributed by atoms with Gasteiger partial charge in [0.2, 0.25) is 0 Å². The number of anilines is 1. The highest BCUT2D eigenvalue weighted by atomic mass is 16.6. The summed E-state index contributed by atoms with van der Waals surface area (Å²) in [5.41, 5.74) is 2.92. The Labute approximate surface area is 135 Å². The van der Waals surface area contributed by atoms with E-state index in [1.807, 2.05) is 36.4 Å². The van der Waals surface area contributed by atoms with E-state index in [1.54, 1.807) is 6.07 Å². The van der Waals surface area contributed by atoms with Crippen LogP contribution in [0.3, 0.4) is 0 Å². The summed E-state index contributed by atoms with van der Waals surface area (Å²) in [4.78, 5) is 21.7. The first-order valence-electron chi connectivity index (χ1n) is 6.95. The molecule has 0 radical (unpaired) electrons. The third-order valence-corrected chi connectivity index (χ3v) is 3.19. The van der Waals surface area contributed by atoms with Crippen LogP contribution in [0.4, 0.5) is 16.4 Å². The zero-order chi connectivity index (χ0) is 16.9. The minimum atomic E-state index is -0.655. The average molecular weight is 324 g/mol. The summed E-state index contributed by atoms with van der Waals surface area (Å²) in [6, 6.07) is 15.3. The highest BCUT2D eigenvalue weighted by Gasteiger charge is 2.10. The fraction of sp³-hybridized carbons (Fsp3) is 0. The molecule has 0 spiro atoms. The molecule has 24 heavy (non-hydrogen) atoms. The molecule has 0 bridgehead atoms. The summed E-state index contributed by atoms with van der Waals surface area (Å²) < 4.78 is 4.88. The van der Waals surface area contributed by atoms with Crippen molar-refractivity contribution in [2.45, 2.75) is 0 Å². The van der Waals surface area contributed by atoms with Gasteiger partial charge >= 0.3 is 11.9 Å². The van der Waals surface area contributed by atoms with Crippen molar-refractivity contribution < 1.29 is 14.1 Å². The monoisotopic (exact) mass is 324 g/mol. The summed E-state index contributed by atoms with van der Waals surface area (Å²) in [6.45, 7) is 0. The maximum Gasteiger partial charge on any atom is 0.433 e. The Balaban J connectivity index is 1.64.